The Bertz CT molecular complexity index is 1180. The van der Waals surface area contributed by atoms with Gasteiger partial charge in [-0.05, 0) is 49.2 Å². The topological polar surface area (TPSA) is 93.5 Å². The van der Waals surface area contributed by atoms with Crippen LogP contribution in [0.3, 0.4) is 0 Å². The van der Waals surface area contributed by atoms with E-state index in [4.69, 9.17) is 8.83 Å². The second-order valence-electron chi connectivity index (χ2n) is 7.32. The lowest BCUT2D eigenvalue weighted by atomic mass is 10.1. The van der Waals surface area contributed by atoms with Crippen molar-refractivity contribution < 1.29 is 18.4 Å². The third kappa shape index (κ3) is 3.47. The molecule has 4 heterocycles. The molecule has 1 fully saturated rings. The normalized spacial score (nSPS) is 16.3. The summed E-state index contributed by atoms with van der Waals surface area (Å²) in [5.74, 6) is 0.756. The summed E-state index contributed by atoms with van der Waals surface area (Å²) in [6.45, 7) is 0.840. The van der Waals surface area contributed by atoms with Crippen LogP contribution in [0.5, 0.6) is 0 Å². The zero-order valence-corrected chi connectivity index (χ0v) is 16.2. The summed E-state index contributed by atoms with van der Waals surface area (Å²) in [7, 11) is 0. The second kappa shape index (κ2) is 7.55. The third-order valence-corrected chi connectivity index (χ3v) is 5.28. The summed E-state index contributed by atoms with van der Waals surface area (Å²) in [6.07, 6.45) is 8.35. The van der Waals surface area contributed by atoms with E-state index in [1.54, 1.807) is 58.7 Å². The summed E-state index contributed by atoms with van der Waals surface area (Å²) >= 11 is 0. The number of benzene rings is 1. The molecule has 0 saturated carbocycles. The lowest BCUT2D eigenvalue weighted by Crippen LogP contribution is -2.30. The van der Waals surface area contributed by atoms with Gasteiger partial charge in [-0.3, -0.25) is 9.59 Å². The van der Waals surface area contributed by atoms with Crippen molar-refractivity contribution in [3.8, 4) is 0 Å². The number of anilines is 1. The van der Waals surface area contributed by atoms with Gasteiger partial charge in [0.1, 0.15) is 17.9 Å². The standard InChI is InChI=1S/C22H20N4O4/c27-21(13-25-9-7-23-14-25)24-16-5-6-18-15(11-16)12-20(30-18)22(28)26-8-1-3-17(26)19-4-2-10-29-19/h2,4-7,9-12,14,17H,1,3,8,13H2,(H,24,27). The average Bonchev–Trinajstić information content (AvgIpc) is 3.53. The lowest BCUT2D eigenvalue weighted by Gasteiger charge is -2.21. The van der Waals surface area contributed by atoms with Gasteiger partial charge in [0, 0.05) is 30.0 Å². The quantitative estimate of drug-likeness (QED) is 0.545. The van der Waals surface area contributed by atoms with E-state index < -0.39 is 0 Å². The predicted octanol–water partition coefficient (Wildman–Crippen LogP) is 3.84. The molecule has 1 aliphatic rings. The number of nitrogens with one attached hydrogen (secondary N) is 1. The van der Waals surface area contributed by atoms with E-state index in [-0.39, 0.29) is 30.2 Å². The molecule has 3 aromatic heterocycles. The van der Waals surface area contributed by atoms with E-state index >= 15 is 0 Å². The van der Waals surface area contributed by atoms with E-state index in [1.807, 2.05) is 12.1 Å². The first-order valence-corrected chi connectivity index (χ1v) is 9.81. The highest BCUT2D eigenvalue weighted by molar-refractivity contribution is 5.98. The Morgan fingerprint density at radius 3 is 2.97 bits per heavy atom. The molecule has 8 nitrogen and oxygen atoms in total. The Morgan fingerprint density at radius 2 is 2.17 bits per heavy atom. The molecule has 8 heteroatoms. The van der Waals surface area contributed by atoms with E-state index in [0.29, 0.717) is 17.8 Å². The van der Waals surface area contributed by atoms with Gasteiger partial charge in [0.2, 0.25) is 5.91 Å². The maximum Gasteiger partial charge on any atom is 0.290 e. The van der Waals surface area contributed by atoms with Crippen LogP contribution in [0.25, 0.3) is 11.0 Å². The van der Waals surface area contributed by atoms with Crippen LogP contribution in [0, 0.1) is 0 Å². The number of aromatic nitrogens is 2. The molecule has 30 heavy (non-hydrogen) atoms. The van der Waals surface area contributed by atoms with Crippen LogP contribution in [0.2, 0.25) is 0 Å². The summed E-state index contributed by atoms with van der Waals surface area (Å²) in [5, 5.41) is 3.61. The van der Waals surface area contributed by atoms with Crippen LogP contribution >= 0.6 is 0 Å². The molecular formula is C22H20N4O4. The van der Waals surface area contributed by atoms with Gasteiger partial charge in [-0.1, -0.05) is 0 Å². The number of amides is 2. The fourth-order valence-corrected chi connectivity index (χ4v) is 3.90. The maximum absolute atomic E-state index is 13.1. The van der Waals surface area contributed by atoms with Crippen molar-refractivity contribution in [2.75, 3.05) is 11.9 Å². The molecule has 2 amide bonds. The van der Waals surface area contributed by atoms with E-state index in [9.17, 15) is 9.59 Å². The first kappa shape index (κ1) is 18.2. The number of carbonyl (C=O) groups excluding carboxylic acids is 2. The van der Waals surface area contributed by atoms with Crippen LogP contribution in [0.1, 0.15) is 35.2 Å². The van der Waals surface area contributed by atoms with Crippen molar-refractivity contribution in [2.24, 2.45) is 0 Å². The van der Waals surface area contributed by atoms with Crippen molar-refractivity contribution in [1.82, 2.24) is 14.5 Å². The minimum absolute atomic E-state index is 0.0706. The zero-order chi connectivity index (χ0) is 20.5. The average molecular weight is 404 g/mol. The fraction of sp³-hybridized carbons (Fsp3) is 0.227. The summed E-state index contributed by atoms with van der Waals surface area (Å²) in [5.41, 5.74) is 1.24. The highest BCUT2D eigenvalue weighted by Crippen LogP contribution is 2.34. The summed E-state index contributed by atoms with van der Waals surface area (Å²) in [6, 6.07) is 10.7. The Morgan fingerprint density at radius 1 is 1.23 bits per heavy atom. The molecule has 0 spiro atoms. The molecule has 1 atom stereocenters. The smallest absolute Gasteiger partial charge is 0.290 e. The highest BCUT2D eigenvalue weighted by Gasteiger charge is 2.33. The molecule has 1 N–H and O–H groups in total. The number of rotatable bonds is 5. The Hall–Kier alpha value is -3.81. The maximum atomic E-state index is 13.1. The van der Waals surface area contributed by atoms with E-state index in [1.165, 1.54) is 0 Å². The molecule has 1 aliphatic heterocycles. The number of furan rings is 2. The van der Waals surface area contributed by atoms with Crippen molar-refractivity contribution >= 4 is 28.5 Å². The molecular weight excluding hydrogens is 384 g/mol. The first-order chi connectivity index (χ1) is 14.7. The van der Waals surface area contributed by atoms with Gasteiger partial charge >= 0.3 is 0 Å². The van der Waals surface area contributed by atoms with Gasteiger partial charge in [0.05, 0.1) is 18.6 Å². The molecule has 0 aliphatic carbocycles. The SMILES string of the molecule is O=C(Cn1ccnc1)Nc1ccc2oc(C(=O)N3CCCC3c3ccco3)cc2c1. The van der Waals surface area contributed by atoms with E-state index in [2.05, 4.69) is 10.3 Å². The number of imidazole rings is 1. The van der Waals surface area contributed by atoms with Gasteiger partial charge in [-0.2, -0.15) is 0 Å². The third-order valence-electron chi connectivity index (χ3n) is 5.28. The monoisotopic (exact) mass is 404 g/mol. The highest BCUT2D eigenvalue weighted by atomic mass is 16.3. The van der Waals surface area contributed by atoms with Crippen LogP contribution in [0.15, 0.2) is 70.2 Å². The molecule has 5 rings (SSSR count). The molecule has 0 radical (unpaired) electrons. The number of hydrogen-bond acceptors (Lipinski definition) is 5. The van der Waals surface area contributed by atoms with Crippen molar-refractivity contribution in [2.45, 2.75) is 25.4 Å². The number of fused-ring (bicyclic) bond motifs is 1. The van der Waals surface area contributed by atoms with Crippen molar-refractivity contribution in [3.05, 3.63) is 72.9 Å². The zero-order valence-electron chi connectivity index (χ0n) is 16.2. The fourth-order valence-electron chi connectivity index (χ4n) is 3.90. The van der Waals surface area contributed by atoms with Gasteiger partial charge in [-0.25, -0.2) is 4.98 Å². The van der Waals surface area contributed by atoms with Gasteiger partial charge in [0.15, 0.2) is 5.76 Å². The van der Waals surface area contributed by atoms with Crippen molar-refractivity contribution in [3.63, 3.8) is 0 Å². The molecule has 1 saturated heterocycles. The first-order valence-electron chi connectivity index (χ1n) is 9.81. The van der Waals surface area contributed by atoms with Gasteiger partial charge in [-0.15, -0.1) is 0 Å². The van der Waals surface area contributed by atoms with Crippen LogP contribution in [-0.2, 0) is 11.3 Å². The molecule has 152 valence electrons. The van der Waals surface area contributed by atoms with Crippen molar-refractivity contribution in [1.29, 1.82) is 0 Å². The summed E-state index contributed by atoms with van der Waals surface area (Å²) in [4.78, 5) is 31.0. The van der Waals surface area contributed by atoms with Gasteiger partial charge < -0.3 is 23.6 Å². The molecule has 1 aromatic carbocycles. The van der Waals surface area contributed by atoms with Gasteiger partial charge in [0.25, 0.3) is 5.91 Å². The lowest BCUT2D eigenvalue weighted by molar-refractivity contribution is -0.116. The Balaban J connectivity index is 1.33. The Labute approximate surface area is 172 Å². The predicted molar refractivity (Wildman–Crippen MR) is 109 cm³/mol. The largest absolute Gasteiger partial charge is 0.467 e. The van der Waals surface area contributed by atoms with E-state index in [0.717, 1.165) is 24.0 Å². The summed E-state index contributed by atoms with van der Waals surface area (Å²) < 4.78 is 13.0. The molecule has 4 aromatic rings. The Kier molecular flexibility index (Phi) is 4.59. The van der Waals surface area contributed by atoms with Crippen LogP contribution in [0.4, 0.5) is 5.69 Å². The second-order valence-corrected chi connectivity index (χ2v) is 7.32. The number of likely N-dealkylation sites (tertiary alicyclic amines) is 1. The minimum Gasteiger partial charge on any atom is -0.467 e. The number of carbonyl (C=O) groups is 2. The van der Waals surface area contributed by atoms with Crippen LogP contribution in [-0.4, -0.2) is 32.8 Å². The molecule has 1 unspecified atom stereocenters. The van der Waals surface area contributed by atoms with Crippen LogP contribution < -0.4 is 5.32 Å². The number of hydrogen-bond donors (Lipinski definition) is 1. The molecule has 0 bridgehead atoms. The minimum atomic E-state index is -0.162. The number of nitrogens with zero attached hydrogens (tertiary/aromatic N) is 3.